The third-order valence-electron chi connectivity index (χ3n) is 20.2. The maximum Gasteiger partial charge on any atom is 0.303 e. The quantitative estimate of drug-likeness (QED) is 0.0688. The number of ether oxygens (including phenoxy) is 14. The van der Waals surface area contributed by atoms with Gasteiger partial charge in [0.25, 0.3) is 0 Å². The van der Waals surface area contributed by atoms with Crippen molar-refractivity contribution in [1.29, 1.82) is 0 Å². The number of hydrogen-bond donors (Lipinski definition) is 9. The summed E-state index contributed by atoms with van der Waals surface area (Å²) in [7, 11) is 4.47. The molecule has 5 heterocycles. The van der Waals surface area contributed by atoms with Gasteiger partial charge in [0, 0.05) is 34.7 Å². The van der Waals surface area contributed by atoms with E-state index >= 15 is 0 Å². The number of carbonyl (C=O) groups is 1. The van der Waals surface area contributed by atoms with Crippen LogP contribution in [0.1, 0.15) is 106 Å². The van der Waals surface area contributed by atoms with Crippen molar-refractivity contribution in [3.63, 3.8) is 0 Å². The molecule has 32 atom stereocenters. The van der Waals surface area contributed by atoms with Gasteiger partial charge in [-0.05, 0) is 114 Å². The Labute approximate surface area is 468 Å². The summed E-state index contributed by atoms with van der Waals surface area (Å²) in [5.74, 6) is 0.964. The lowest BCUT2D eigenvalue weighted by molar-refractivity contribution is -0.376. The van der Waals surface area contributed by atoms with E-state index < -0.39 is 167 Å². The second-order valence-corrected chi connectivity index (χ2v) is 24.7. The zero-order chi connectivity index (χ0) is 57.9. The molecule has 5 aliphatic heterocycles. The Bertz CT molecular complexity index is 2070. The van der Waals surface area contributed by atoms with Gasteiger partial charge < -0.3 is 112 Å². The second kappa shape index (κ2) is 25.7. The monoisotopic (exact) mass is 1150 g/mol. The van der Waals surface area contributed by atoms with Gasteiger partial charge in [-0.2, -0.15) is 0 Å². The lowest BCUT2D eigenvalue weighted by atomic mass is 9.47. The molecule has 0 bridgehead atoms. The first kappa shape index (κ1) is 62.8. The molecular weight excluding hydrogens is 1060 g/mol. The van der Waals surface area contributed by atoms with Gasteiger partial charge in [0.15, 0.2) is 37.6 Å². The van der Waals surface area contributed by atoms with E-state index in [1.54, 1.807) is 21.0 Å². The van der Waals surface area contributed by atoms with Crippen molar-refractivity contribution in [3.8, 4) is 0 Å². The van der Waals surface area contributed by atoms with Gasteiger partial charge in [0.05, 0.1) is 49.8 Å². The molecule has 9 rings (SSSR count). The Balaban J connectivity index is 0.819. The lowest BCUT2D eigenvalue weighted by Gasteiger charge is -2.58. The van der Waals surface area contributed by atoms with Gasteiger partial charge in [-0.1, -0.05) is 25.5 Å². The van der Waals surface area contributed by atoms with Crippen LogP contribution in [0.3, 0.4) is 0 Å². The summed E-state index contributed by atoms with van der Waals surface area (Å²) in [6.07, 6.45) is -18.1. The third kappa shape index (κ3) is 12.1. The first-order valence-corrected chi connectivity index (χ1v) is 29.0. The summed E-state index contributed by atoms with van der Waals surface area (Å²) in [5.41, 5.74) is 1.38. The molecule has 460 valence electrons. The first-order chi connectivity index (χ1) is 38.0. The molecular formula is C56H92O24. The van der Waals surface area contributed by atoms with E-state index in [0.29, 0.717) is 24.2 Å². The molecule has 24 nitrogen and oxygen atoms in total. The van der Waals surface area contributed by atoms with Crippen molar-refractivity contribution in [2.24, 2.45) is 34.5 Å². The zero-order valence-corrected chi connectivity index (χ0v) is 47.8. The van der Waals surface area contributed by atoms with E-state index in [-0.39, 0.29) is 29.0 Å². The predicted octanol–water partition coefficient (Wildman–Crippen LogP) is 0.0732. The van der Waals surface area contributed by atoms with Crippen molar-refractivity contribution < 1.29 is 117 Å². The number of fused-ring (bicyclic) bond motifs is 5. The van der Waals surface area contributed by atoms with Crippen LogP contribution in [0.25, 0.3) is 0 Å². The van der Waals surface area contributed by atoms with E-state index in [9.17, 15) is 50.8 Å². The molecule has 24 heteroatoms. The Morgan fingerprint density at radius 2 is 1.26 bits per heavy atom. The summed E-state index contributed by atoms with van der Waals surface area (Å²) in [6.45, 7) is 12.2. The highest BCUT2D eigenvalue weighted by Gasteiger charge is 2.61. The fourth-order valence-corrected chi connectivity index (χ4v) is 15.7. The number of esters is 1. The predicted molar refractivity (Wildman–Crippen MR) is 274 cm³/mol. The largest absolute Gasteiger partial charge is 0.454 e. The fraction of sp³-hybridized carbons (Fsp3) is 0.946. The highest BCUT2D eigenvalue weighted by molar-refractivity contribution is 5.66. The molecule has 0 radical (unpaired) electrons. The number of allylic oxidation sites excluding steroid dienone is 1. The van der Waals surface area contributed by atoms with E-state index in [2.05, 4.69) is 19.9 Å². The molecule has 0 aromatic heterocycles. The van der Waals surface area contributed by atoms with Crippen LogP contribution in [-0.2, 0) is 71.1 Å². The summed E-state index contributed by atoms with van der Waals surface area (Å²) in [4.78, 5) is 12.1. The third-order valence-corrected chi connectivity index (χ3v) is 20.2. The molecule has 5 saturated heterocycles. The van der Waals surface area contributed by atoms with Crippen LogP contribution in [0.15, 0.2) is 11.6 Å². The first-order valence-electron chi connectivity index (χ1n) is 29.0. The van der Waals surface area contributed by atoms with Gasteiger partial charge in [-0.3, -0.25) is 4.79 Å². The standard InChI is InChI=1S/C56H92O24/c1-23(72-53-50(48(69-10)39(60)24(2)73-53)80-52-45(66)43(64)41(62)36(78-52)22-70-51-44(65)42(63)40(61)35(21-57)77-51)31-13-14-32-30-12-11-28-19-29(15-17-55(28,6)33(30)16-18-56(31,32)7)76-37-20-34(67-8)46(26(4)71-37)79-54-49(75-27(5)58)47(68-9)38(59)25(3)74-54/h11,23-26,29-54,57,59-66H,12-22H2,1-10H3. The smallest absolute Gasteiger partial charge is 0.303 e. The second-order valence-electron chi connectivity index (χ2n) is 24.7. The average Bonchev–Trinajstić information content (AvgIpc) is 4.01. The highest BCUT2D eigenvalue weighted by atomic mass is 16.8. The van der Waals surface area contributed by atoms with Gasteiger partial charge in [0.1, 0.15) is 85.5 Å². The number of carbonyl (C=O) groups excluding carboxylic acids is 1. The van der Waals surface area contributed by atoms with Crippen molar-refractivity contribution in [2.45, 2.75) is 266 Å². The van der Waals surface area contributed by atoms with Crippen LogP contribution in [0.5, 0.6) is 0 Å². The van der Waals surface area contributed by atoms with E-state index in [0.717, 1.165) is 51.4 Å². The molecule has 0 aromatic carbocycles. The van der Waals surface area contributed by atoms with Crippen molar-refractivity contribution in [1.82, 2.24) is 0 Å². The molecule has 9 N–H and O–H groups in total. The van der Waals surface area contributed by atoms with E-state index in [1.165, 1.54) is 26.7 Å². The van der Waals surface area contributed by atoms with E-state index in [1.807, 2.05) is 13.8 Å². The molecule has 80 heavy (non-hydrogen) atoms. The van der Waals surface area contributed by atoms with Crippen molar-refractivity contribution in [3.05, 3.63) is 11.6 Å². The molecule has 32 unspecified atom stereocenters. The fourth-order valence-electron chi connectivity index (χ4n) is 15.7. The maximum atomic E-state index is 12.1. The number of rotatable bonds is 17. The van der Waals surface area contributed by atoms with Crippen LogP contribution in [0, 0.1) is 34.5 Å². The molecule has 0 amide bonds. The topological polar surface area (TPSA) is 328 Å². The summed E-state index contributed by atoms with van der Waals surface area (Å²) in [5, 5.41) is 96.0. The van der Waals surface area contributed by atoms with Gasteiger partial charge in [0.2, 0.25) is 0 Å². The van der Waals surface area contributed by atoms with Crippen LogP contribution < -0.4 is 0 Å². The Morgan fingerprint density at radius 1 is 0.637 bits per heavy atom. The van der Waals surface area contributed by atoms with Crippen molar-refractivity contribution in [2.75, 3.05) is 34.5 Å². The van der Waals surface area contributed by atoms with Crippen LogP contribution >= 0.6 is 0 Å². The normalized spacial score (nSPS) is 52.0. The maximum absolute atomic E-state index is 12.1. The Kier molecular flexibility index (Phi) is 20.2. The SMILES string of the molecule is COC1CC(OC2CCC3(C)C(=CCC4C3CCC3(C)C(C(C)OC5OC(C)C(O)C(OC)C5OC5OC(COC6OC(CO)C(O)C(O)C6O)C(O)C(O)C5O)CCC43)C2)OC(C)C1OC1OC(C)C(O)C(OC)C1OC(C)=O. The molecule has 9 aliphatic rings. The number of hydrogen-bond acceptors (Lipinski definition) is 24. The minimum absolute atomic E-state index is 0.00929. The zero-order valence-electron chi connectivity index (χ0n) is 47.8. The molecule has 3 saturated carbocycles. The molecule has 4 aliphatic carbocycles. The highest BCUT2D eigenvalue weighted by Crippen LogP contribution is 2.67. The van der Waals surface area contributed by atoms with Crippen LogP contribution in [0.4, 0.5) is 0 Å². The minimum Gasteiger partial charge on any atom is -0.454 e. The van der Waals surface area contributed by atoms with Crippen LogP contribution in [0.2, 0.25) is 0 Å². The van der Waals surface area contributed by atoms with Crippen LogP contribution in [-0.4, -0.2) is 246 Å². The van der Waals surface area contributed by atoms with Gasteiger partial charge >= 0.3 is 5.97 Å². The van der Waals surface area contributed by atoms with Gasteiger partial charge in [-0.25, -0.2) is 0 Å². The Morgan fingerprint density at radius 3 is 1.91 bits per heavy atom. The van der Waals surface area contributed by atoms with Crippen molar-refractivity contribution >= 4 is 5.97 Å². The molecule has 0 spiro atoms. The Hall–Kier alpha value is -1.67. The number of methoxy groups -OCH3 is 3. The summed E-state index contributed by atoms with van der Waals surface area (Å²) in [6, 6.07) is 0. The summed E-state index contributed by atoms with van der Waals surface area (Å²) < 4.78 is 85.4. The van der Waals surface area contributed by atoms with Gasteiger partial charge in [-0.15, -0.1) is 0 Å². The summed E-state index contributed by atoms with van der Waals surface area (Å²) >= 11 is 0. The lowest BCUT2D eigenvalue weighted by Crippen LogP contribution is -2.65. The minimum atomic E-state index is -1.81. The number of aliphatic hydroxyl groups is 9. The molecule has 8 fully saturated rings. The van der Waals surface area contributed by atoms with E-state index in [4.69, 9.17) is 66.3 Å². The number of aliphatic hydroxyl groups excluding tert-OH is 9. The molecule has 0 aromatic rings. The average molecular weight is 1150 g/mol.